The lowest BCUT2D eigenvalue weighted by Gasteiger charge is -2.24. The number of carbonyl (C=O) groups excluding carboxylic acids is 1. The summed E-state index contributed by atoms with van der Waals surface area (Å²) in [5, 5.41) is 5.99. The smallest absolute Gasteiger partial charge is 0.230 e. The van der Waals surface area contributed by atoms with Crippen LogP contribution in [0.4, 0.5) is 0 Å². The Labute approximate surface area is 141 Å². The second-order valence-corrected chi connectivity index (χ2v) is 7.30. The number of nitrogens with one attached hydrogen (secondary N) is 1. The first-order valence-corrected chi connectivity index (χ1v) is 8.59. The topological polar surface area (TPSA) is 51.2 Å². The molecule has 0 aliphatic carbocycles. The molecule has 0 fully saturated rings. The monoisotopic (exact) mass is 332 g/mol. The van der Waals surface area contributed by atoms with Crippen molar-refractivity contribution in [1.82, 2.24) is 10.3 Å². The van der Waals surface area contributed by atoms with E-state index in [0.29, 0.717) is 12.5 Å². The van der Waals surface area contributed by atoms with Gasteiger partial charge in [0.25, 0.3) is 0 Å². The number of nitrogens with zero attached hydrogens (tertiary/aromatic N) is 1. The molecule has 1 amide bonds. The van der Waals surface area contributed by atoms with Gasteiger partial charge in [0.15, 0.2) is 0 Å². The minimum absolute atomic E-state index is 0.0102. The van der Waals surface area contributed by atoms with Crippen LogP contribution in [0.3, 0.4) is 0 Å². The van der Waals surface area contributed by atoms with E-state index < -0.39 is 5.41 Å². The molecule has 2 aromatic rings. The first-order chi connectivity index (χ1) is 10.8. The first kappa shape index (κ1) is 17.5. The van der Waals surface area contributed by atoms with Crippen LogP contribution >= 0.6 is 11.3 Å². The van der Waals surface area contributed by atoms with Crippen LogP contribution in [0.25, 0.3) is 0 Å². The Morgan fingerprint density at radius 1 is 1.30 bits per heavy atom. The molecule has 5 heteroatoms. The van der Waals surface area contributed by atoms with Crippen LogP contribution in [0.1, 0.15) is 49.9 Å². The Kier molecular flexibility index (Phi) is 5.42. The average Bonchev–Trinajstić information content (AvgIpc) is 3.01. The molecule has 23 heavy (non-hydrogen) atoms. The molecule has 124 valence electrons. The summed E-state index contributed by atoms with van der Waals surface area (Å²) >= 11 is 1.59. The predicted octanol–water partition coefficient (Wildman–Crippen LogP) is 3.87. The van der Waals surface area contributed by atoms with Gasteiger partial charge in [-0.25, -0.2) is 4.98 Å². The van der Waals surface area contributed by atoms with Crippen molar-refractivity contribution in [3.05, 3.63) is 45.9 Å². The number of thiazole rings is 1. The van der Waals surface area contributed by atoms with E-state index in [1.165, 1.54) is 0 Å². The summed E-state index contributed by atoms with van der Waals surface area (Å²) in [4.78, 5) is 17.1. The van der Waals surface area contributed by atoms with Crippen LogP contribution in [-0.4, -0.2) is 18.0 Å². The highest BCUT2D eigenvalue weighted by molar-refractivity contribution is 7.09. The molecule has 1 aromatic carbocycles. The molecule has 0 aliphatic heterocycles. The van der Waals surface area contributed by atoms with Crippen LogP contribution in [0.5, 0.6) is 5.75 Å². The van der Waals surface area contributed by atoms with E-state index in [9.17, 15) is 4.79 Å². The van der Waals surface area contributed by atoms with Gasteiger partial charge in [0.1, 0.15) is 10.8 Å². The van der Waals surface area contributed by atoms with Crippen LogP contribution < -0.4 is 10.1 Å². The standard InChI is InChI=1S/C18H24N2O2S/c1-12(2)15-11-23-16(20-15)10-19-17(21)18(3,4)13-6-8-14(22-5)9-7-13/h6-9,11-12H,10H2,1-5H3,(H,19,21). The summed E-state index contributed by atoms with van der Waals surface area (Å²) in [6, 6.07) is 7.61. The van der Waals surface area contributed by atoms with Crippen molar-refractivity contribution in [2.45, 2.75) is 45.6 Å². The molecule has 0 radical (unpaired) electrons. The molecule has 4 nitrogen and oxygen atoms in total. The van der Waals surface area contributed by atoms with Crippen molar-refractivity contribution in [1.29, 1.82) is 0 Å². The molecule has 0 atom stereocenters. The number of methoxy groups -OCH3 is 1. The van der Waals surface area contributed by atoms with E-state index >= 15 is 0 Å². The number of amides is 1. The highest BCUT2D eigenvalue weighted by atomic mass is 32.1. The van der Waals surface area contributed by atoms with E-state index in [-0.39, 0.29) is 5.91 Å². The Hall–Kier alpha value is -1.88. The van der Waals surface area contributed by atoms with Gasteiger partial charge in [-0.05, 0) is 37.5 Å². The number of ether oxygens (including phenoxy) is 1. The number of aromatic nitrogens is 1. The lowest BCUT2D eigenvalue weighted by Crippen LogP contribution is -2.39. The number of hydrogen-bond donors (Lipinski definition) is 1. The Morgan fingerprint density at radius 3 is 2.48 bits per heavy atom. The molecule has 0 saturated carbocycles. The zero-order valence-corrected chi connectivity index (χ0v) is 15.2. The molecule has 0 aliphatic rings. The van der Waals surface area contributed by atoms with Crippen molar-refractivity contribution < 1.29 is 9.53 Å². The maximum Gasteiger partial charge on any atom is 0.230 e. The first-order valence-electron chi connectivity index (χ1n) is 7.71. The Bertz CT molecular complexity index is 660. The van der Waals surface area contributed by atoms with Gasteiger partial charge in [-0.1, -0.05) is 26.0 Å². The highest BCUT2D eigenvalue weighted by Gasteiger charge is 2.29. The fourth-order valence-corrected chi connectivity index (χ4v) is 3.08. The SMILES string of the molecule is COc1ccc(C(C)(C)C(=O)NCc2nc(C(C)C)cs2)cc1. The Balaban J connectivity index is 2.02. The van der Waals surface area contributed by atoms with Crippen LogP contribution in [-0.2, 0) is 16.8 Å². The average molecular weight is 332 g/mol. The summed E-state index contributed by atoms with van der Waals surface area (Å²) in [5.74, 6) is 1.18. The van der Waals surface area contributed by atoms with Crippen molar-refractivity contribution in [3.63, 3.8) is 0 Å². The van der Waals surface area contributed by atoms with Crippen LogP contribution in [0, 0.1) is 0 Å². The van der Waals surface area contributed by atoms with Gasteiger partial charge in [0.05, 0.1) is 24.8 Å². The van der Waals surface area contributed by atoms with Gasteiger partial charge in [-0.2, -0.15) is 0 Å². The minimum atomic E-state index is -0.607. The molecule has 0 bridgehead atoms. The van der Waals surface area contributed by atoms with Gasteiger partial charge in [-0.3, -0.25) is 4.79 Å². The van der Waals surface area contributed by atoms with Gasteiger partial charge in [0.2, 0.25) is 5.91 Å². The van der Waals surface area contributed by atoms with Crippen molar-refractivity contribution >= 4 is 17.2 Å². The normalized spacial score (nSPS) is 11.6. The maximum atomic E-state index is 12.6. The molecule has 0 spiro atoms. The number of benzene rings is 1. The third kappa shape index (κ3) is 4.10. The molecule has 0 unspecified atom stereocenters. The number of carbonyl (C=O) groups is 1. The number of rotatable bonds is 6. The summed E-state index contributed by atoms with van der Waals surface area (Å²) in [6.07, 6.45) is 0. The quantitative estimate of drug-likeness (QED) is 0.873. The summed E-state index contributed by atoms with van der Waals surface area (Å²) in [6.45, 7) is 8.54. The van der Waals surface area contributed by atoms with Gasteiger partial charge in [-0.15, -0.1) is 11.3 Å². The molecule has 2 rings (SSSR count). The number of hydrogen-bond acceptors (Lipinski definition) is 4. The molecular weight excluding hydrogens is 308 g/mol. The zero-order chi connectivity index (χ0) is 17.0. The lowest BCUT2D eigenvalue weighted by molar-refractivity contribution is -0.125. The molecule has 1 aromatic heterocycles. The lowest BCUT2D eigenvalue weighted by atomic mass is 9.83. The molecule has 1 N–H and O–H groups in total. The van der Waals surface area contributed by atoms with Gasteiger partial charge in [0, 0.05) is 5.38 Å². The van der Waals surface area contributed by atoms with Gasteiger partial charge >= 0.3 is 0 Å². The van der Waals surface area contributed by atoms with E-state index in [2.05, 4.69) is 29.5 Å². The van der Waals surface area contributed by atoms with E-state index in [0.717, 1.165) is 22.0 Å². The summed E-state index contributed by atoms with van der Waals surface area (Å²) < 4.78 is 5.16. The van der Waals surface area contributed by atoms with Crippen LogP contribution in [0.2, 0.25) is 0 Å². The Morgan fingerprint density at radius 2 is 1.96 bits per heavy atom. The van der Waals surface area contributed by atoms with Crippen molar-refractivity contribution in [2.75, 3.05) is 7.11 Å². The van der Waals surface area contributed by atoms with E-state index in [1.807, 2.05) is 38.1 Å². The molecular formula is C18H24N2O2S. The summed E-state index contributed by atoms with van der Waals surface area (Å²) in [7, 11) is 1.63. The third-order valence-electron chi connectivity index (χ3n) is 3.94. The second-order valence-electron chi connectivity index (χ2n) is 6.36. The summed E-state index contributed by atoms with van der Waals surface area (Å²) in [5.41, 5.74) is 1.43. The predicted molar refractivity (Wildman–Crippen MR) is 94.1 cm³/mol. The maximum absolute atomic E-state index is 12.6. The fraction of sp³-hybridized carbons (Fsp3) is 0.444. The highest BCUT2D eigenvalue weighted by Crippen LogP contribution is 2.26. The largest absolute Gasteiger partial charge is 0.497 e. The second kappa shape index (κ2) is 7.13. The van der Waals surface area contributed by atoms with E-state index in [1.54, 1.807) is 18.4 Å². The molecule has 1 heterocycles. The van der Waals surface area contributed by atoms with Crippen LogP contribution in [0.15, 0.2) is 29.6 Å². The van der Waals surface area contributed by atoms with Gasteiger partial charge < -0.3 is 10.1 Å². The van der Waals surface area contributed by atoms with Crippen molar-refractivity contribution in [3.8, 4) is 5.75 Å². The van der Waals surface area contributed by atoms with E-state index in [4.69, 9.17) is 4.74 Å². The minimum Gasteiger partial charge on any atom is -0.497 e. The zero-order valence-electron chi connectivity index (χ0n) is 14.3. The third-order valence-corrected chi connectivity index (χ3v) is 4.81. The molecule has 0 saturated heterocycles. The fourth-order valence-electron chi connectivity index (χ4n) is 2.19. The van der Waals surface area contributed by atoms with Crippen molar-refractivity contribution in [2.24, 2.45) is 0 Å².